The standard InChI is InChI=1S/C11H16BrN3O2S/c1-3-15(6-7(2)10(13)14-17)11(16)8-4-5-9(12)18-8/h4-5,7,17H,3,6H2,1-2H3,(H2,13,14). The number of amides is 1. The summed E-state index contributed by atoms with van der Waals surface area (Å²) in [7, 11) is 0. The number of rotatable bonds is 5. The Bertz CT molecular complexity index is 447. The number of thiophene rings is 1. The quantitative estimate of drug-likeness (QED) is 0.375. The minimum atomic E-state index is -0.178. The molecule has 1 heterocycles. The number of carbonyl (C=O) groups is 1. The zero-order valence-electron chi connectivity index (χ0n) is 10.3. The molecule has 0 aromatic carbocycles. The molecule has 3 N–H and O–H groups in total. The maximum Gasteiger partial charge on any atom is 0.263 e. The zero-order valence-corrected chi connectivity index (χ0v) is 12.7. The number of halogens is 1. The van der Waals surface area contributed by atoms with Crippen LogP contribution in [0.4, 0.5) is 0 Å². The molecule has 1 unspecified atom stereocenters. The van der Waals surface area contributed by atoms with E-state index in [0.717, 1.165) is 3.79 Å². The number of oxime groups is 1. The van der Waals surface area contributed by atoms with Crippen LogP contribution in [0.2, 0.25) is 0 Å². The molecule has 0 aliphatic carbocycles. The first kappa shape index (κ1) is 15.0. The fourth-order valence-electron chi connectivity index (χ4n) is 1.46. The summed E-state index contributed by atoms with van der Waals surface area (Å²) in [6.45, 7) is 4.73. The second-order valence-electron chi connectivity index (χ2n) is 3.87. The average Bonchev–Trinajstić information content (AvgIpc) is 2.80. The van der Waals surface area contributed by atoms with Crippen molar-refractivity contribution in [2.24, 2.45) is 16.8 Å². The number of nitrogens with zero attached hydrogens (tertiary/aromatic N) is 2. The molecule has 100 valence electrons. The van der Waals surface area contributed by atoms with Crippen molar-refractivity contribution in [3.63, 3.8) is 0 Å². The second-order valence-corrected chi connectivity index (χ2v) is 6.34. The van der Waals surface area contributed by atoms with Gasteiger partial charge < -0.3 is 15.8 Å². The molecule has 0 saturated heterocycles. The molecule has 1 rings (SSSR count). The van der Waals surface area contributed by atoms with Gasteiger partial charge in [0.15, 0.2) is 0 Å². The van der Waals surface area contributed by atoms with E-state index in [2.05, 4.69) is 21.1 Å². The highest BCUT2D eigenvalue weighted by Crippen LogP contribution is 2.23. The summed E-state index contributed by atoms with van der Waals surface area (Å²) in [6.07, 6.45) is 0. The van der Waals surface area contributed by atoms with Crippen LogP contribution in [0.15, 0.2) is 21.1 Å². The van der Waals surface area contributed by atoms with Gasteiger partial charge in [-0.3, -0.25) is 4.79 Å². The third-order valence-electron chi connectivity index (χ3n) is 2.57. The highest BCUT2D eigenvalue weighted by atomic mass is 79.9. The van der Waals surface area contributed by atoms with Crippen LogP contribution >= 0.6 is 27.3 Å². The predicted molar refractivity (Wildman–Crippen MR) is 76.2 cm³/mol. The summed E-state index contributed by atoms with van der Waals surface area (Å²) < 4.78 is 0.923. The van der Waals surface area contributed by atoms with Crippen molar-refractivity contribution < 1.29 is 10.0 Å². The van der Waals surface area contributed by atoms with Crippen LogP contribution in [0.1, 0.15) is 23.5 Å². The lowest BCUT2D eigenvalue weighted by Crippen LogP contribution is -2.38. The summed E-state index contributed by atoms with van der Waals surface area (Å²) >= 11 is 4.73. The Labute approximate surface area is 118 Å². The summed E-state index contributed by atoms with van der Waals surface area (Å²) in [6, 6.07) is 3.63. The lowest BCUT2D eigenvalue weighted by atomic mass is 10.1. The zero-order chi connectivity index (χ0) is 13.7. The number of amidine groups is 1. The summed E-state index contributed by atoms with van der Waals surface area (Å²) in [5, 5.41) is 11.6. The highest BCUT2D eigenvalue weighted by molar-refractivity contribution is 9.11. The second kappa shape index (κ2) is 6.75. The number of hydrogen-bond donors (Lipinski definition) is 2. The number of hydrogen-bond acceptors (Lipinski definition) is 4. The van der Waals surface area contributed by atoms with Gasteiger partial charge in [-0.25, -0.2) is 0 Å². The Hall–Kier alpha value is -1.08. The molecule has 5 nitrogen and oxygen atoms in total. The Kier molecular flexibility index (Phi) is 5.61. The van der Waals surface area contributed by atoms with Crippen LogP contribution in [0.25, 0.3) is 0 Å². The van der Waals surface area contributed by atoms with Crippen LogP contribution in [0, 0.1) is 5.92 Å². The summed E-state index contributed by atoms with van der Waals surface area (Å²) in [5.74, 6) is -0.0818. The van der Waals surface area contributed by atoms with Gasteiger partial charge in [-0.1, -0.05) is 12.1 Å². The van der Waals surface area contributed by atoms with Gasteiger partial charge in [0.25, 0.3) is 5.91 Å². The predicted octanol–water partition coefficient (Wildman–Crippen LogP) is 2.36. The van der Waals surface area contributed by atoms with Gasteiger partial charge in [-0.2, -0.15) is 0 Å². The maximum atomic E-state index is 12.2. The minimum Gasteiger partial charge on any atom is -0.409 e. The monoisotopic (exact) mass is 333 g/mol. The molecule has 1 aromatic rings. The summed E-state index contributed by atoms with van der Waals surface area (Å²) in [4.78, 5) is 14.6. The average molecular weight is 334 g/mol. The van der Waals surface area contributed by atoms with Gasteiger partial charge in [0.1, 0.15) is 5.84 Å². The first-order chi connectivity index (χ1) is 8.49. The lowest BCUT2D eigenvalue weighted by molar-refractivity contribution is 0.0758. The van der Waals surface area contributed by atoms with Gasteiger partial charge in [0.2, 0.25) is 0 Å². The molecule has 1 atom stereocenters. The third kappa shape index (κ3) is 3.71. The van der Waals surface area contributed by atoms with Crippen molar-refractivity contribution in [3.05, 3.63) is 20.8 Å². The highest BCUT2D eigenvalue weighted by Gasteiger charge is 2.20. The Balaban J connectivity index is 2.75. The van der Waals surface area contributed by atoms with Crippen molar-refractivity contribution in [2.75, 3.05) is 13.1 Å². The summed E-state index contributed by atoms with van der Waals surface area (Å²) in [5.41, 5.74) is 5.52. The topological polar surface area (TPSA) is 78.9 Å². The minimum absolute atomic E-state index is 0.0363. The normalized spacial score (nSPS) is 13.4. The molecule has 0 fully saturated rings. The molecule has 0 radical (unpaired) electrons. The van der Waals surface area contributed by atoms with Gasteiger partial charge in [0.05, 0.1) is 8.66 Å². The Morgan fingerprint density at radius 3 is 2.78 bits per heavy atom. The fraction of sp³-hybridized carbons (Fsp3) is 0.455. The maximum absolute atomic E-state index is 12.2. The molecule has 1 aromatic heterocycles. The third-order valence-corrected chi connectivity index (χ3v) is 4.18. The lowest BCUT2D eigenvalue weighted by Gasteiger charge is -2.23. The first-order valence-electron chi connectivity index (χ1n) is 5.51. The van der Waals surface area contributed by atoms with E-state index in [1.807, 2.05) is 19.9 Å². The van der Waals surface area contributed by atoms with Crippen molar-refractivity contribution in [1.82, 2.24) is 4.90 Å². The van der Waals surface area contributed by atoms with Gasteiger partial charge in [0, 0.05) is 19.0 Å². The van der Waals surface area contributed by atoms with Crippen molar-refractivity contribution in [3.8, 4) is 0 Å². The molecular formula is C11H16BrN3O2S. The van der Waals surface area contributed by atoms with Gasteiger partial charge >= 0.3 is 0 Å². The molecule has 0 aliphatic heterocycles. The molecule has 0 saturated carbocycles. The smallest absolute Gasteiger partial charge is 0.263 e. The molecule has 0 spiro atoms. The van der Waals surface area contributed by atoms with E-state index in [1.54, 1.807) is 11.0 Å². The van der Waals surface area contributed by atoms with Crippen LogP contribution in [-0.4, -0.2) is 34.9 Å². The van der Waals surface area contributed by atoms with Crippen LogP contribution in [-0.2, 0) is 0 Å². The van der Waals surface area contributed by atoms with E-state index in [4.69, 9.17) is 10.9 Å². The van der Waals surface area contributed by atoms with Crippen LogP contribution < -0.4 is 5.73 Å². The molecule has 0 bridgehead atoms. The van der Waals surface area contributed by atoms with E-state index in [1.165, 1.54) is 11.3 Å². The number of carbonyl (C=O) groups excluding carboxylic acids is 1. The Morgan fingerprint density at radius 1 is 1.67 bits per heavy atom. The van der Waals surface area contributed by atoms with Gasteiger partial charge in [-0.05, 0) is 35.0 Å². The van der Waals surface area contributed by atoms with E-state index < -0.39 is 0 Å². The molecule has 18 heavy (non-hydrogen) atoms. The van der Waals surface area contributed by atoms with E-state index in [9.17, 15) is 4.79 Å². The van der Waals surface area contributed by atoms with Crippen LogP contribution in [0.5, 0.6) is 0 Å². The fourth-order valence-corrected chi connectivity index (χ4v) is 2.82. The van der Waals surface area contributed by atoms with E-state index in [0.29, 0.717) is 18.0 Å². The molecule has 1 amide bonds. The van der Waals surface area contributed by atoms with Gasteiger partial charge in [-0.15, -0.1) is 11.3 Å². The molecule has 0 aliphatic rings. The van der Waals surface area contributed by atoms with E-state index in [-0.39, 0.29) is 17.7 Å². The van der Waals surface area contributed by atoms with E-state index >= 15 is 0 Å². The van der Waals surface area contributed by atoms with Crippen LogP contribution in [0.3, 0.4) is 0 Å². The molecule has 7 heteroatoms. The SMILES string of the molecule is CCN(CC(C)C(N)=NO)C(=O)c1ccc(Br)s1. The first-order valence-corrected chi connectivity index (χ1v) is 7.12. The van der Waals surface area contributed by atoms with Crippen molar-refractivity contribution >= 4 is 39.0 Å². The Morgan fingerprint density at radius 2 is 2.33 bits per heavy atom. The molecular weight excluding hydrogens is 318 g/mol. The largest absolute Gasteiger partial charge is 0.409 e. The number of nitrogens with two attached hydrogens (primary N) is 1. The van der Waals surface area contributed by atoms with Crippen molar-refractivity contribution in [2.45, 2.75) is 13.8 Å². The van der Waals surface area contributed by atoms with Crippen molar-refractivity contribution in [1.29, 1.82) is 0 Å².